The average Bonchev–Trinajstić information content (AvgIpc) is 2.13. The third kappa shape index (κ3) is 4.49. The number of carbonyl (C=O) groups is 2. The molecule has 0 aliphatic heterocycles. The molecule has 0 radical (unpaired) electrons. The van der Waals surface area contributed by atoms with Gasteiger partial charge in [0.25, 0.3) is 0 Å². The maximum absolute atomic E-state index is 10.6. The first kappa shape index (κ1) is 12.5. The van der Waals surface area contributed by atoms with Crippen LogP contribution in [0.4, 0.5) is 4.79 Å². The van der Waals surface area contributed by atoms with Crippen molar-refractivity contribution >= 4 is 12.1 Å². The van der Waals surface area contributed by atoms with E-state index in [1.54, 1.807) is 6.92 Å². The minimum atomic E-state index is -0.929. The van der Waals surface area contributed by atoms with E-state index in [1.807, 2.05) is 0 Å². The highest BCUT2D eigenvalue weighted by atomic mass is 16.7. The molecule has 0 aliphatic rings. The molecule has 0 aliphatic carbocycles. The van der Waals surface area contributed by atoms with Crippen molar-refractivity contribution in [1.82, 2.24) is 0 Å². The van der Waals surface area contributed by atoms with Crippen molar-refractivity contribution < 1.29 is 24.2 Å². The SMILES string of the molecule is C=C(CC(CC)C(=O)O)OC(=O)OC. The van der Waals surface area contributed by atoms with Crippen LogP contribution in [0.25, 0.3) is 0 Å². The fraction of sp³-hybridized carbons (Fsp3) is 0.556. The zero-order chi connectivity index (χ0) is 11.1. The van der Waals surface area contributed by atoms with E-state index in [0.717, 1.165) is 0 Å². The highest BCUT2D eigenvalue weighted by molar-refractivity contribution is 5.70. The monoisotopic (exact) mass is 202 g/mol. The summed E-state index contributed by atoms with van der Waals surface area (Å²) in [7, 11) is 1.17. The van der Waals surface area contributed by atoms with Gasteiger partial charge in [-0.2, -0.15) is 0 Å². The third-order valence-electron chi connectivity index (χ3n) is 1.71. The Labute approximate surface area is 82.3 Å². The molecule has 0 aromatic rings. The second kappa shape index (κ2) is 6.01. The fourth-order valence-corrected chi connectivity index (χ4v) is 0.882. The molecule has 0 aromatic carbocycles. The van der Waals surface area contributed by atoms with Gasteiger partial charge in [0, 0.05) is 6.42 Å². The number of carboxylic acids is 1. The van der Waals surface area contributed by atoms with Crippen LogP contribution in [0, 0.1) is 5.92 Å². The van der Waals surface area contributed by atoms with Gasteiger partial charge < -0.3 is 14.6 Å². The third-order valence-corrected chi connectivity index (χ3v) is 1.71. The maximum Gasteiger partial charge on any atom is 0.513 e. The Kier molecular flexibility index (Phi) is 5.36. The van der Waals surface area contributed by atoms with Gasteiger partial charge in [0.2, 0.25) is 0 Å². The molecule has 14 heavy (non-hydrogen) atoms. The molecule has 1 atom stereocenters. The first-order valence-corrected chi connectivity index (χ1v) is 4.17. The quantitative estimate of drug-likeness (QED) is 0.543. The average molecular weight is 202 g/mol. The number of carbonyl (C=O) groups excluding carboxylic acids is 1. The Morgan fingerprint density at radius 2 is 2.07 bits per heavy atom. The summed E-state index contributed by atoms with van der Waals surface area (Å²) in [5.41, 5.74) is 0. The topological polar surface area (TPSA) is 72.8 Å². The molecule has 5 nitrogen and oxygen atoms in total. The van der Waals surface area contributed by atoms with Crippen LogP contribution in [-0.4, -0.2) is 24.3 Å². The van der Waals surface area contributed by atoms with Crippen LogP contribution in [-0.2, 0) is 14.3 Å². The van der Waals surface area contributed by atoms with Crippen molar-refractivity contribution in [3.63, 3.8) is 0 Å². The molecule has 0 spiro atoms. The largest absolute Gasteiger partial charge is 0.513 e. The van der Waals surface area contributed by atoms with Crippen molar-refractivity contribution in [1.29, 1.82) is 0 Å². The van der Waals surface area contributed by atoms with Crippen LogP contribution in [0.15, 0.2) is 12.3 Å². The van der Waals surface area contributed by atoms with Gasteiger partial charge in [0.1, 0.15) is 5.76 Å². The molecule has 1 unspecified atom stereocenters. The second-order valence-corrected chi connectivity index (χ2v) is 2.74. The van der Waals surface area contributed by atoms with Crippen molar-refractivity contribution in [3.8, 4) is 0 Å². The van der Waals surface area contributed by atoms with Crippen molar-refractivity contribution in [2.24, 2.45) is 5.92 Å². The predicted octanol–water partition coefficient (Wildman–Crippen LogP) is 1.78. The van der Waals surface area contributed by atoms with E-state index in [4.69, 9.17) is 5.11 Å². The lowest BCUT2D eigenvalue weighted by molar-refractivity contribution is -0.142. The minimum absolute atomic E-state index is 0.103. The molecule has 80 valence electrons. The number of hydrogen-bond donors (Lipinski definition) is 1. The van der Waals surface area contributed by atoms with Gasteiger partial charge in [-0.05, 0) is 6.42 Å². The Hall–Kier alpha value is -1.52. The van der Waals surface area contributed by atoms with Gasteiger partial charge in [0.15, 0.2) is 0 Å². The fourth-order valence-electron chi connectivity index (χ4n) is 0.882. The summed E-state index contributed by atoms with van der Waals surface area (Å²) < 4.78 is 8.79. The Morgan fingerprint density at radius 3 is 2.43 bits per heavy atom. The van der Waals surface area contributed by atoms with Gasteiger partial charge in [-0.15, -0.1) is 0 Å². The van der Waals surface area contributed by atoms with Crippen LogP contribution >= 0.6 is 0 Å². The highest BCUT2D eigenvalue weighted by Gasteiger charge is 2.18. The Bertz CT molecular complexity index is 233. The van der Waals surface area contributed by atoms with Crippen LogP contribution in [0.3, 0.4) is 0 Å². The van der Waals surface area contributed by atoms with Gasteiger partial charge >= 0.3 is 12.1 Å². The zero-order valence-electron chi connectivity index (χ0n) is 8.28. The number of ether oxygens (including phenoxy) is 2. The first-order valence-electron chi connectivity index (χ1n) is 4.17. The summed E-state index contributed by atoms with van der Waals surface area (Å²) in [5, 5.41) is 8.70. The molecule has 0 heterocycles. The van der Waals surface area contributed by atoms with Crippen molar-refractivity contribution in [2.45, 2.75) is 19.8 Å². The number of carboxylic acid groups (broad SMARTS) is 1. The second-order valence-electron chi connectivity index (χ2n) is 2.74. The summed E-state index contributed by atoms with van der Waals surface area (Å²) in [5.74, 6) is -1.40. The van der Waals surface area contributed by atoms with Gasteiger partial charge in [-0.25, -0.2) is 4.79 Å². The zero-order valence-corrected chi connectivity index (χ0v) is 8.28. The molecular weight excluding hydrogens is 188 g/mol. The standard InChI is InChI=1S/C9H14O5/c1-4-7(8(10)11)5-6(2)14-9(12)13-3/h7H,2,4-5H2,1,3H3,(H,10,11). The maximum atomic E-state index is 10.6. The molecule has 0 saturated carbocycles. The van der Waals surface area contributed by atoms with Crippen LogP contribution in [0.1, 0.15) is 19.8 Å². The lowest BCUT2D eigenvalue weighted by atomic mass is 10.0. The number of allylic oxidation sites excluding steroid dienone is 1. The van der Waals surface area contributed by atoms with E-state index < -0.39 is 18.0 Å². The van der Waals surface area contributed by atoms with E-state index in [-0.39, 0.29) is 12.2 Å². The number of rotatable bonds is 5. The molecule has 0 bridgehead atoms. The van der Waals surface area contributed by atoms with Crippen LogP contribution in [0.5, 0.6) is 0 Å². The smallest absolute Gasteiger partial charge is 0.481 e. The predicted molar refractivity (Wildman–Crippen MR) is 48.7 cm³/mol. The molecule has 0 fully saturated rings. The first-order chi connectivity index (χ1) is 6.51. The number of aliphatic carboxylic acids is 1. The molecular formula is C9H14O5. The lowest BCUT2D eigenvalue weighted by Gasteiger charge is -2.10. The minimum Gasteiger partial charge on any atom is -0.481 e. The van der Waals surface area contributed by atoms with Crippen molar-refractivity contribution in [2.75, 3.05) is 7.11 Å². The van der Waals surface area contributed by atoms with Gasteiger partial charge in [0.05, 0.1) is 13.0 Å². The number of methoxy groups -OCH3 is 1. The summed E-state index contributed by atoms with van der Waals surface area (Å²) >= 11 is 0. The Morgan fingerprint density at radius 1 is 1.50 bits per heavy atom. The van der Waals surface area contributed by atoms with Crippen LogP contribution in [0.2, 0.25) is 0 Å². The molecule has 1 N–H and O–H groups in total. The summed E-state index contributed by atoms with van der Waals surface area (Å²) in [4.78, 5) is 21.2. The summed E-state index contributed by atoms with van der Waals surface area (Å²) in [6.45, 7) is 5.17. The number of hydrogen-bond acceptors (Lipinski definition) is 4. The molecule has 0 amide bonds. The van der Waals surface area contributed by atoms with Gasteiger partial charge in [-0.3, -0.25) is 4.79 Å². The molecule has 0 aromatic heterocycles. The van der Waals surface area contributed by atoms with Crippen LogP contribution < -0.4 is 0 Å². The van der Waals surface area contributed by atoms with E-state index in [9.17, 15) is 9.59 Å². The molecule has 0 saturated heterocycles. The van der Waals surface area contributed by atoms with E-state index >= 15 is 0 Å². The van der Waals surface area contributed by atoms with Gasteiger partial charge in [-0.1, -0.05) is 13.5 Å². The lowest BCUT2D eigenvalue weighted by Crippen LogP contribution is -2.15. The summed E-state index contributed by atoms with van der Waals surface area (Å²) in [6, 6.07) is 0. The Balaban J connectivity index is 4.03. The molecule has 0 rings (SSSR count). The van der Waals surface area contributed by atoms with E-state index in [1.165, 1.54) is 7.11 Å². The normalized spacial score (nSPS) is 11.6. The molecule has 5 heteroatoms. The summed E-state index contributed by atoms with van der Waals surface area (Å²) in [6.07, 6.45) is -0.310. The highest BCUT2D eigenvalue weighted by Crippen LogP contribution is 2.15. The van der Waals surface area contributed by atoms with E-state index in [0.29, 0.717) is 6.42 Å². The van der Waals surface area contributed by atoms with Crippen molar-refractivity contribution in [3.05, 3.63) is 12.3 Å². The van der Waals surface area contributed by atoms with E-state index in [2.05, 4.69) is 16.1 Å².